The lowest BCUT2D eigenvalue weighted by Crippen LogP contribution is -2.20. The molecule has 6 nitrogen and oxygen atoms in total. The lowest BCUT2D eigenvalue weighted by molar-refractivity contribution is -0.118. The number of aryl methyl sites for hydroxylation is 2. The third kappa shape index (κ3) is 4.79. The van der Waals surface area contributed by atoms with Gasteiger partial charge in [-0.3, -0.25) is 4.79 Å². The van der Waals surface area contributed by atoms with Gasteiger partial charge in [-0.15, -0.1) is 0 Å². The number of pyridine rings is 1. The molecule has 2 aromatic carbocycles. The van der Waals surface area contributed by atoms with E-state index in [1.54, 1.807) is 31.5 Å². The second-order valence-corrected chi connectivity index (χ2v) is 6.31. The summed E-state index contributed by atoms with van der Waals surface area (Å²) in [6.07, 6.45) is 1.68. The van der Waals surface area contributed by atoms with Crippen LogP contribution in [-0.2, 0) is 4.79 Å². The summed E-state index contributed by atoms with van der Waals surface area (Å²) in [4.78, 5) is 16.4. The molecule has 0 saturated heterocycles. The molecule has 28 heavy (non-hydrogen) atoms. The van der Waals surface area contributed by atoms with Crippen molar-refractivity contribution in [2.24, 2.45) is 0 Å². The third-order valence-corrected chi connectivity index (χ3v) is 4.21. The Morgan fingerprint density at radius 3 is 2.32 bits per heavy atom. The zero-order valence-corrected chi connectivity index (χ0v) is 16.2. The van der Waals surface area contributed by atoms with E-state index in [-0.39, 0.29) is 12.5 Å². The Kier molecular flexibility index (Phi) is 6.11. The van der Waals surface area contributed by atoms with Crippen LogP contribution in [0.3, 0.4) is 0 Å². The minimum atomic E-state index is -0.297. The Labute approximate surface area is 164 Å². The molecule has 3 aromatic rings. The van der Waals surface area contributed by atoms with Gasteiger partial charge in [-0.1, -0.05) is 30.3 Å². The van der Waals surface area contributed by atoms with Crippen LogP contribution in [0.5, 0.6) is 11.5 Å². The van der Waals surface area contributed by atoms with E-state index in [1.807, 2.05) is 24.3 Å². The highest BCUT2D eigenvalue weighted by Crippen LogP contribution is 2.26. The smallest absolute Gasteiger partial charge is 0.263 e. The Morgan fingerprint density at radius 2 is 1.68 bits per heavy atom. The van der Waals surface area contributed by atoms with Crippen LogP contribution in [-0.4, -0.2) is 24.6 Å². The fraction of sp³-hybridized carbons (Fsp3) is 0.182. The second kappa shape index (κ2) is 8.90. The summed E-state index contributed by atoms with van der Waals surface area (Å²) in [6.45, 7) is 3.97. The van der Waals surface area contributed by atoms with Crippen molar-refractivity contribution in [2.45, 2.75) is 13.8 Å². The van der Waals surface area contributed by atoms with Gasteiger partial charge in [-0.25, -0.2) is 4.98 Å². The summed E-state index contributed by atoms with van der Waals surface area (Å²) in [5, 5.41) is 6.09. The van der Waals surface area contributed by atoms with Gasteiger partial charge < -0.3 is 20.1 Å². The highest BCUT2D eigenvalue weighted by Gasteiger charge is 2.08. The fourth-order valence-electron chi connectivity index (χ4n) is 2.76. The average Bonchev–Trinajstić information content (AvgIpc) is 2.71. The summed E-state index contributed by atoms with van der Waals surface area (Å²) in [5.74, 6) is 1.26. The maximum absolute atomic E-state index is 12.1. The number of carbonyl (C=O) groups is 1. The average molecular weight is 377 g/mol. The van der Waals surface area contributed by atoms with Crippen LogP contribution in [0.25, 0.3) is 0 Å². The minimum Gasteiger partial charge on any atom is -0.493 e. The first-order chi connectivity index (χ1) is 13.6. The maximum atomic E-state index is 12.1. The summed E-state index contributed by atoms with van der Waals surface area (Å²) < 4.78 is 10.7. The van der Waals surface area contributed by atoms with Crippen molar-refractivity contribution >= 4 is 23.1 Å². The third-order valence-electron chi connectivity index (χ3n) is 4.21. The Hall–Kier alpha value is -3.54. The SMILES string of the molecule is COc1ccccc1OCC(=O)Nc1ccc(Nc2c(C)cccc2C)cn1. The molecule has 2 N–H and O–H groups in total. The molecule has 0 bridgehead atoms. The monoisotopic (exact) mass is 377 g/mol. The predicted molar refractivity (Wildman–Crippen MR) is 111 cm³/mol. The van der Waals surface area contributed by atoms with Gasteiger partial charge in [0.25, 0.3) is 5.91 Å². The van der Waals surface area contributed by atoms with Crippen molar-refractivity contribution in [3.05, 3.63) is 71.9 Å². The molecule has 0 aliphatic carbocycles. The molecule has 0 saturated carbocycles. The van der Waals surface area contributed by atoms with Crippen molar-refractivity contribution in [1.82, 2.24) is 4.98 Å². The van der Waals surface area contributed by atoms with E-state index in [4.69, 9.17) is 9.47 Å². The number of nitrogens with one attached hydrogen (secondary N) is 2. The van der Waals surface area contributed by atoms with E-state index in [0.717, 1.165) is 22.5 Å². The molecule has 1 aromatic heterocycles. The van der Waals surface area contributed by atoms with E-state index in [2.05, 4.69) is 41.6 Å². The van der Waals surface area contributed by atoms with Gasteiger partial charge in [0.2, 0.25) is 0 Å². The van der Waals surface area contributed by atoms with Gasteiger partial charge in [0, 0.05) is 5.69 Å². The molecule has 0 aliphatic rings. The van der Waals surface area contributed by atoms with Crippen LogP contribution in [0.15, 0.2) is 60.8 Å². The largest absolute Gasteiger partial charge is 0.493 e. The van der Waals surface area contributed by atoms with Crippen molar-refractivity contribution in [3.8, 4) is 11.5 Å². The first-order valence-corrected chi connectivity index (χ1v) is 8.92. The lowest BCUT2D eigenvalue weighted by Gasteiger charge is -2.13. The molecule has 0 spiro atoms. The molecule has 6 heteroatoms. The van der Waals surface area contributed by atoms with Crippen LogP contribution in [0, 0.1) is 13.8 Å². The number of rotatable bonds is 7. The Morgan fingerprint density at radius 1 is 0.964 bits per heavy atom. The number of methoxy groups -OCH3 is 1. The predicted octanol–water partition coefficient (Wildman–Crippen LogP) is 4.47. The number of para-hydroxylation sites is 3. The maximum Gasteiger partial charge on any atom is 0.263 e. The number of benzene rings is 2. The topological polar surface area (TPSA) is 72.5 Å². The van der Waals surface area contributed by atoms with Crippen molar-refractivity contribution in [1.29, 1.82) is 0 Å². The van der Waals surface area contributed by atoms with Gasteiger partial charge in [0.05, 0.1) is 19.0 Å². The van der Waals surface area contributed by atoms with E-state index in [9.17, 15) is 4.79 Å². The van der Waals surface area contributed by atoms with Gasteiger partial charge in [0.1, 0.15) is 5.82 Å². The molecule has 0 fully saturated rings. The molecule has 0 atom stereocenters. The lowest BCUT2D eigenvalue weighted by atomic mass is 10.1. The minimum absolute atomic E-state index is 0.134. The Balaban J connectivity index is 1.57. The number of hydrogen-bond donors (Lipinski definition) is 2. The van der Waals surface area contributed by atoms with Crippen LogP contribution in [0.4, 0.5) is 17.2 Å². The first-order valence-electron chi connectivity index (χ1n) is 8.92. The number of carbonyl (C=O) groups excluding carboxylic acids is 1. The highest BCUT2D eigenvalue weighted by molar-refractivity contribution is 5.91. The van der Waals surface area contributed by atoms with E-state index >= 15 is 0 Å². The van der Waals surface area contributed by atoms with Crippen LogP contribution >= 0.6 is 0 Å². The molecule has 144 valence electrons. The van der Waals surface area contributed by atoms with Crippen molar-refractivity contribution in [3.63, 3.8) is 0 Å². The zero-order chi connectivity index (χ0) is 19.9. The van der Waals surface area contributed by atoms with Crippen LogP contribution < -0.4 is 20.1 Å². The van der Waals surface area contributed by atoms with Gasteiger partial charge in [0.15, 0.2) is 18.1 Å². The number of hydrogen-bond acceptors (Lipinski definition) is 5. The van der Waals surface area contributed by atoms with Gasteiger partial charge in [-0.2, -0.15) is 0 Å². The normalized spacial score (nSPS) is 10.2. The number of nitrogens with zero attached hydrogens (tertiary/aromatic N) is 1. The van der Waals surface area contributed by atoms with E-state index in [0.29, 0.717) is 17.3 Å². The molecule has 1 amide bonds. The highest BCUT2D eigenvalue weighted by atomic mass is 16.5. The molecule has 3 rings (SSSR count). The number of ether oxygens (including phenoxy) is 2. The van der Waals surface area contributed by atoms with Gasteiger partial charge in [-0.05, 0) is 49.2 Å². The summed E-state index contributed by atoms with van der Waals surface area (Å²) in [6, 6.07) is 16.9. The summed E-state index contributed by atoms with van der Waals surface area (Å²) in [5.41, 5.74) is 4.23. The molecule has 0 aliphatic heterocycles. The van der Waals surface area contributed by atoms with E-state index < -0.39 is 0 Å². The van der Waals surface area contributed by atoms with Gasteiger partial charge >= 0.3 is 0 Å². The fourth-order valence-corrected chi connectivity index (χ4v) is 2.76. The molecule has 1 heterocycles. The molecular formula is C22H23N3O3. The molecule has 0 radical (unpaired) electrons. The molecule has 0 unspecified atom stereocenters. The van der Waals surface area contributed by atoms with E-state index in [1.165, 1.54) is 0 Å². The second-order valence-electron chi connectivity index (χ2n) is 6.31. The number of aromatic nitrogens is 1. The van der Waals surface area contributed by atoms with Crippen LogP contribution in [0.2, 0.25) is 0 Å². The van der Waals surface area contributed by atoms with Crippen molar-refractivity contribution in [2.75, 3.05) is 24.4 Å². The number of anilines is 3. The number of amides is 1. The van der Waals surface area contributed by atoms with Crippen molar-refractivity contribution < 1.29 is 14.3 Å². The standard InChI is InChI=1S/C22H23N3O3/c1-15-7-6-8-16(2)22(15)24-17-11-12-20(23-13-17)25-21(26)14-28-19-10-5-4-9-18(19)27-3/h4-13,24H,14H2,1-3H3,(H,23,25,26). The Bertz CT molecular complexity index is 935. The van der Waals surface area contributed by atoms with Crippen LogP contribution in [0.1, 0.15) is 11.1 Å². The zero-order valence-electron chi connectivity index (χ0n) is 16.2. The molecular weight excluding hydrogens is 354 g/mol. The quantitative estimate of drug-likeness (QED) is 0.636. The summed E-state index contributed by atoms with van der Waals surface area (Å²) in [7, 11) is 1.56. The summed E-state index contributed by atoms with van der Waals surface area (Å²) >= 11 is 0. The first kappa shape index (κ1) is 19.2.